The van der Waals surface area contributed by atoms with E-state index in [0.29, 0.717) is 12.8 Å². The van der Waals surface area contributed by atoms with Gasteiger partial charge >= 0.3 is 11.9 Å². The molecule has 0 aromatic heterocycles. The Balaban J connectivity index is 3.99. The van der Waals surface area contributed by atoms with Crippen LogP contribution in [0.3, 0.4) is 0 Å². The molecule has 9 heteroatoms. The second-order valence-electron chi connectivity index (χ2n) is 14.1. The van der Waals surface area contributed by atoms with Crippen molar-refractivity contribution < 1.29 is 34.1 Å². The summed E-state index contributed by atoms with van der Waals surface area (Å²) in [6.07, 6.45) is 42.0. The third-order valence-electron chi connectivity index (χ3n) is 9.14. The third kappa shape index (κ3) is 34.2. The number of carboxylic acid groups (broad SMARTS) is 1. The Hall–Kier alpha value is -2.94. The number of aliphatic hydroxyl groups is 1. The summed E-state index contributed by atoms with van der Waals surface area (Å²) in [5.41, 5.74) is 0. The van der Waals surface area contributed by atoms with Gasteiger partial charge in [0.2, 0.25) is 11.8 Å². The van der Waals surface area contributed by atoms with Gasteiger partial charge in [-0.05, 0) is 77.0 Å². The van der Waals surface area contributed by atoms with Crippen molar-refractivity contribution in [2.45, 2.75) is 199 Å². The first-order valence-electron chi connectivity index (χ1n) is 20.9. The van der Waals surface area contributed by atoms with Gasteiger partial charge in [0.25, 0.3) is 0 Å². The smallest absolute Gasteiger partial charge is 0.328 e. The van der Waals surface area contributed by atoms with Gasteiger partial charge < -0.3 is 25.6 Å². The maximum Gasteiger partial charge on any atom is 0.328 e. The van der Waals surface area contributed by atoms with Crippen LogP contribution in [0.25, 0.3) is 0 Å². The molecule has 0 saturated carbocycles. The van der Waals surface area contributed by atoms with Gasteiger partial charge in [0.05, 0.1) is 13.2 Å². The lowest BCUT2D eigenvalue weighted by Crippen LogP contribution is -2.47. The SMILES string of the molecule is CCCCCCC/C=C\C/C=C\C/C=C\CCCCCCCCC(=O)OC(CCCCCC)CCCCCCC(=O)NCC(=O)NC(CO)C(=O)O. The molecular formula is C43H76N2O7. The van der Waals surface area contributed by atoms with Crippen LogP contribution in [0.5, 0.6) is 0 Å². The summed E-state index contributed by atoms with van der Waals surface area (Å²) in [7, 11) is 0. The van der Waals surface area contributed by atoms with Crippen molar-refractivity contribution in [3.63, 3.8) is 0 Å². The molecule has 0 rings (SSSR count). The fourth-order valence-corrected chi connectivity index (χ4v) is 5.90. The maximum absolute atomic E-state index is 12.6. The standard InChI is InChI=1S/C43H76N2O7/c1-3-5-7-9-10-11-12-13-14-15-16-17-18-19-20-21-22-23-24-25-31-35-42(49)52-38(32-28-8-6-4-2)33-29-26-27-30-34-40(47)44-36-41(48)45-39(37-46)43(50)51/h12-13,15-16,18-19,38-39,46H,3-11,14,17,20-37H2,1-2H3,(H,44,47)(H,45,48)(H,50,51)/b13-12-,16-15-,19-18-. The molecule has 0 aliphatic rings. The van der Waals surface area contributed by atoms with Crippen molar-refractivity contribution in [3.05, 3.63) is 36.5 Å². The number of rotatable bonds is 37. The molecule has 0 bridgehead atoms. The summed E-state index contributed by atoms with van der Waals surface area (Å²) in [4.78, 5) is 47.3. The Morgan fingerprint density at radius 1 is 0.577 bits per heavy atom. The van der Waals surface area contributed by atoms with Crippen LogP contribution in [0.4, 0.5) is 0 Å². The van der Waals surface area contributed by atoms with E-state index in [-0.39, 0.29) is 30.9 Å². The summed E-state index contributed by atoms with van der Waals surface area (Å²) in [6.45, 7) is 3.40. The number of hydrogen-bond donors (Lipinski definition) is 4. The molecule has 0 heterocycles. The largest absolute Gasteiger partial charge is 0.480 e. The molecule has 2 atom stereocenters. The predicted molar refractivity (Wildman–Crippen MR) is 213 cm³/mol. The topological polar surface area (TPSA) is 142 Å². The number of esters is 1. The van der Waals surface area contributed by atoms with Crippen molar-refractivity contribution in [1.82, 2.24) is 10.6 Å². The fraction of sp³-hybridized carbons (Fsp3) is 0.767. The van der Waals surface area contributed by atoms with Gasteiger partial charge in [-0.15, -0.1) is 0 Å². The van der Waals surface area contributed by atoms with E-state index in [2.05, 4.69) is 60.9 Å². The molecule has 0 saturated heterocycles. The fourth-order valence-electron chi connectivity index (χ4n) is 5.90. The zero-order valence-corrected chi connectivity index (χ0v) is 33.1. The molecular weight excluding hydrogens is 656 g/mol. The van der Waals surface area contributed by atoms with Crippen LogP contribution in [0.2, 0.25) is 0 Å². The first kappa shape index (κ1) is 49.1. The molecule has 9 nitrogen and oxygen atoms in total. The zero-order valence-electron chi connectivity index (χ0n) is 33.1. The van der Waals surface area contributed by atoms with Gasteiger partial charge in [-0.3, -0.25) is 14.4 Å². The lowest BCUT2D eigenvalue weighted by molar-refractivity contribution is -0.150. The number of ether oxygens (including phenoxy) is 1. The third-order valence-corrected chi connectivity index (χ3v) is 9.14. The Morgan fingerprint density at radius 3 is 1.58 bits per heavy atom. The zero-order chi connectivity index (χ0) is 38.3. The van der Waals surface area contributed by atoms with E-state index >= 15 is 0 Å². The summed E-state index contributed by atoms with van der Waals surface area (Å²) in [5, 5.41) is 22.5. The average molecular weight is 733 g/mol. The molecule has 300 valence electrons. The van der Waals surface area contributed by atoms with Crippen LogP contribution < -0.4 is 10.6 Å². The number of allylic oxidation sites excluding steroid dienone is 6. The normalized spacial score (nSPS) is 12.8. The summed E-state index contributed by atoms with van der Waals surface area (Å²) in [5.74, 6) is -2.35. The maximum atomic E-state index is 12.6. The number of unbranched alkanes of at least 4 members (excludes halogenated alkanes) is 17. The number of carboxylic acids is 1. The molecule has 0 spiro atoms. The number of aliphatic hydroxyl groups excluding tert-OH is 1. The van der Waals surface area contributed by atoms with Crippen LogP contribution in [-0.2, 0) is 23.9 Å². The number of hydrogen-bond acceptors (Lipinski definition) is 6. The highest BCUT2D eigenvalue weighted by Gasteiger charge is 2.19. The molecule has 2 unspecified atom stereocenters. The lowest BCUT2D eigenvalue weighted by Gasteiger charge is -2.18. The van der Waals surface area contributed by atoms with Gasteiger partial charge in [-0.1, -0.05) is 134 Å². The molecule has 4 N–H and O–H groups in total. The monoisotopic (exact) mass is 733 g/mol. The number of carbonyl (C=O) groups is 4. The van der Waals surface area contributed by atoms with Crippen molar-refractivity contribution in [1.29, 1.82) is 0 Å². The first-order chi connectivity index (χ1) is 25.3. The van der Waals surface area contributed by atoms with Crippen LogP contribution >= 0.6 is 0 Å². The summed E-state index contributed by atoms with van der Waals surface area (Å²) < 4.78 is 5.91. The Bertz CT molecular complexity index is 979. The van der Waals surface area contributed by atoms with E-state index in [1.165, 1.54) is 70.6 Å². The van der Waals surface area contributed by atoms with E-state index in [0.717, 1.165) is 83.5 Å². The minimum absolute atomic E-state index is 0.0463. The predicted octanol–water partition coefficient (Wildman–Crippen LogP) is 9.82. The number of carbonyl (C=O) groups excluding carboxylic acids is 3. The molecule has 52 heavy (non-hydrogen) atoms. The van der Waals surface area contributed by atoms with Gasteiger partial charge in [0.15, 0.2) is 0 Å². The Morgan fingerprint density at radius 2 is 1.04 bits per heavy atom. The molecule has 0 aliphatic carbocycles. The second-order valence-corrected chi connectivity index (χ2v) is 14.1. The highest BCUT2D eigenvalue weighted by Crippen LogP contribution is 2.18. The average Bonchev–Trinajstić information content (AvgIpc) is 3.13. The quantitative estimate of drug-likeness (QED) is 0.0283. The van der Waals surface area contributed by atoms with E-state index in [1.54, 1.807) is 0 Å². The highest BCUT2D eigenvalue weighted by atomic mass is 16.5. The molecule has 2 amide bonds. The molecule has 0 fully saturated rings. The molecule has 0 aromatic rings. The molecule has 0 aromatic carbocycles. The van der Waals surface area contributed by atoms with Crippen molar-refractivity contribution in [3.8, 4) is 0 Å². The number of amides is 2. The van der Waals surface area contributed by atoms with Crippen LogP contribution in [0, 0.1) is 0 Å². The van der Waals surface area contributed by atoms with E-state index in [4.69, 9.17) is 14.9 Å². The van der Waals surface area contributed by atoms with Crippen LogP contribution in [0.1, 0.15) is 187 Å². The van der Waals surface area contributed by atoms with Gasteiger partial charge in [-0.2, -0.15) is 0 Å². The lowest BCUT2D eigenvalue weighted by atomic mass is 10.0. The van der Waals surface area contributed by atoms with Crippen molar-refractivity contribution >= 4 is 23.8 Å². The first-order valence-corrected chi connectivity index (χ1v) is 20.9. The number of nitrogens with one attached hydrogen (secondary N) is 2. The minimum Gasteiger partial charge on any atom is -0.480 e. The van der Waals surface area contributed by atoms with Gasteiger partial charge in [-0.25, -0.2) is 4.79 Å². The molecule has 0 radical (unpaired) electrons. The van der Waals surface area contributed by atoms with E-state index in [9.17, 15) is 19.2 Å². The van der Waals surface area contributed by atoms with Crippen LogP contribution in [-0.4, -0.2) is 59.3 Å². The Kier molecular flexibility index (Phi) is 35.7. The van der Waals surface area contributed by atoms with E-state index < -0.39 is 24.5 Å². The van der Waals surface area contributed by atoms with Gasteiger partial charge in [0.1, 0.15) is 12.1 Å². The van der Waals surface area contributed by atoms with Crippen LogP contribution in [0.15, 0.2) is 36.5 Å². The highest BCUT2D eigenvalue weighted by molar-refractivity contribution is 5.87. The summed E-state index contributed by atoms with van der Waals surface area (Å²) in [6, 6.07) is -1.39. The van der Waals surface area contributed by atoms with Crippen molar-refractivity contribution in [2.24, 2.45) is 0 Å². The van der Waals surface area contributed by atoms with E-state index in [1.807, 2.05) is 0 Å². The molecule has 0 aliphatic heterocycles. The number of aliphatic carboxylic acids is 1. The van der Waals surface area contributed by atoms with Gasteiger partial charge in [0, 0.05) is 12.8 Å². The summed E-state index contributed by atoms with van der Waals surface area (Å²) >= 11 is 0. The Labute approximate surface area is 316 Å². The van der Waals surface area contributed by atoms with Crippen molar-refractivity contribution in [2.75, 3.05) is 13.2 Å². The minimum atomic E-state index is -1.39. The second kappa shape index (κ2) is 37.8.